The van der Waals surface area contributed by atoms with E-state index in [9.17, 15) is 4.79 Å². The molecule has 0 fully saturated rings. The molecule has 1 atom stereocenters. The SMILES string of the molecule is COc1cccc(NC(=O)CC[NH+](C)CCc2ccc(OC)c(OC)c2)c1. The Labute approximate surface area is 161 Å². The molecule has 0 aliphatic heterocycles. The molecule has 2 aromatic rings. The number of carbonyl (C=O) groups is 1. The molecule has 146 valence electrons. The molecule has 0 aliphatic carbocycles. The number of hydrogen-bond donors (Lipinski definition) is 2. The van der Waals surface area contributed by atoms with Gasteiger partial charge in [-0.15, -0.1) is 0 Å². The lowest BCUT2D eigenvalue weighted by Crippen LogP contribution is -3.09. The normalized spacial score (nSPS) is 11.6. The largest absolute Gasteiger partial charge is 0.497 e. The maximum absolute atomic E-state index is 12.1. The van der Waals surface area contributed by atoms with Crippen molar-refractivity contribution in [2.45, 2.75) is 12.8 Å². The predicted molar refractivity (Wildman–Crippen MR) is 106 cm³/mol. The van der Waals surface area contributed by atoms with Crippen molar-refractivity contribution in [3.05, 3.63) is 48.0 Å². The average molecular weight is 373 g/mol. The molecule has 0 aromatic heterocycles. The average Bonchev–Trinajstić information content (AvgIpc) is 2.70. The number of anilines is 1. The molecular formula is C21H29N2O4+. The van der Waals surface area contributed by atoms with Gasteiger partial charge in [-0.2, -0.15) is 0 Å². The van der Waals surface area contributed by atoms with Crippen LogP contribution in [-0.2, 0) is 11.2 Å². The van der Waals surface area contributed by atoms with E-state index >= 15 is 0 Å². The van der Waals surface area contributed by atoms with Crippen LogP contribution in [0, 0.1) is 0 Å². The molecule has 6 nitrogen and oxygen atoms in total. The summed E-state index contributed by atoms with van der Waals surface area (Å²) in [5.74, 6) is 2.21. The Balaban J connectivity index is 1.77. The number of ether oxygens (including phenoxy) is 3. The minimum atomic E-state index is 0.00807. The van der Waals surface area contributed by atoms with Crippen molar-refractivity contribution in [3.8, 4) is 17.2 Å². The van der Waals surface area contributed by atoms with Crippen molar-refractivity contribution in [1.29, 1.82) is 0 Å². The molecule has 1 amide bonds. The summed E-state index contributed by atoms with van der Waals surface area (Å²) in [5, 5.41) is 2.91. The van der Waals surface area contributed by atoms with Crippen molar-refractivity contribution in [2.75, 3.05) is 46.8 Å². The van der Waals surface area contributed by atoms with Gasteiger partial charge in [0.15, 0.2) is 11.5 Å². The molecule has 0 saturated heterocycles. The number of likely N-dealkylation sites (N-methyl/N-ethyl adjacent to an activating group) is 1. The van der Waals surface area contributed by atoms with E-state index < -0.39 is 0 Å². The van der Waals surface area contributed by atoms with Gasteiger partial charge in [-0.3, -0.25) is 4.79 Å². The van der Waals surface area contributed by atoms with Crippen LogP contribution in [0.2, 0.25) is 0 Å². The van der Waals surface area contributed by atoms with Crippen LogP contribution in [0.5, 0.6) is 17.2 Å². The fraction of sp³-hybridized carbons (Fsp3) is 0.381. The second kappa shape index (κ2) is 10.4. The van der Waals surface area contributed by atoms with Crippen LogP contribution in [-0.4, -0.2) is 47.4 Å². The maximum atomic E-state index is 12.1. The van der Waals surface area contributed by atoms with Crippen LogP contribution in [0.1, 0.15) is 12.0 Å². The summed E-state index contributed by atoms with van der Waals surface area (Å²) in [6.07, 6.45) is 1.37. The summed E-state index contributed by atoms with van der Waals surface area (Å²) < 4.78 is 15.8. The van der Waals surface area contributed by atoms with Gasteiger partial charge in [0.05, 0.1) is 47.9 Å². The number of quaternary nitrogens is 1. The molecule has 27 heavy (non-hydrogen) atoms. The Bertz CT molecular complexity index is 749. The van der Waals surface area contributed by atoms with Crippen molar-refractivity contribution in [3.63, 3.8) is 0 Å². The second-order valence-electron chi connectivity index (χ2n) is 6.43. The summed E-state index contributed by atoms with van der Waals surface area (Å²) in [4.78, 5) is 13.4. The Morgan fingerprint density at radius 3 is 2.44 bits per heavy atom. The first kappa shape index (κ1) is 20.6. The fourth-order valence-electron chi connectivity index (χ4n) is 2.77. The number of methoxy groups -OCH3 is 3. The van der Waals surface area contributed by atoms with E-state index in [0.717, 1.165) is 42.4 Å². The number of benzene rings is 2. The van der Waals surface area contributed by atoms with Crippen LogP contribution in [0.4, 0.5) is 5.69 Å². The Hall–Kier alpha value is -2.73. The molecule has 0 bridgehead atoms. The van der Waals surface area contributed by atoms with Gasteiger partial charge in [0.2, 0.25) is 5.91 Å². The van der Waals surface area contributed by atoms with Crippen molar-refractivity contribution < 1.29 is 23.9 Å². The number of nitrogens with one attached hydrogen (secondary N) is 2. The van der Waals surface area contributed by atoms with Crippen LogP contribution < -0.4 is 24.4 Å². The van der Waals surface area contributed by atoms with E-state index in [0.29, 0.717) is 6.42 Å². The minimum Gasteiger partial charge on any atom is -0.497 e. The van der Waals surface area contributed by atoms with E-state index in [1.54, 1.807) is 21.3 Å². The van der Waals surface area contributed by atoms with E-state index in [1.165, 1.54) is 10.5 Å². The van der Waals surface area contributed by atoms with Crippen LogP contribution in [0.15, 0.2) is 42.5 Å². The smallest absolute Gasteiger partial charge is 0.230 e. The third kappa shape index (κ3) is 6.49. The highest BCUT2D eigenvalue weighted by Gasteiger charge is 2.10. The molecule has 0 spiro atoms. The minimum absolute atomic E-state index is 0.00807. The summed E-state index contributed by atoms with van der Waals surface area (Å²) >= 11 is 0. The highest BCUT2D eigenvalue weighted by molar-refractivity contribution is 5.90. The van der Waals surface area contributed by atoms with Crippen molar-refractivity contribution >= 4 is 11.6 Å². The molecule has 0 radical (unpaired) electrons. The molecule has 2 rings (SSSR count). The molecule has 0 saturated carbocycles. The van der Waals surface area contributed by atoms with Gasteiger partial charge in [0, 0.05) is 18.2 Å². The third-order valence-electron chi connectivity index (χ3n) is 4.42. The number of amides is 1. The van der Waals surface area contributed by atoms with Gasteiger partial charge in [-0.25, -0.2) is 0 Å². The first-order chi connectivity index (χ1) is 13.0. The van der Waals surface area contributed by atoms with Crippen molar-refractivity contribution in [1.82, 2.24) is 0 Å². The van der Waals surface area contributed by atoms with Gasteiger partial charge >= 0.3 is 0 Å². The Morgan fingerprint density at radius 2 is 1.74 bits per heavy atom. The first-order valence-corrected chi connectivity index (χ1v) is 9.01. The molecule has 1 unspecified atom stereocenters. The summed E-state index contributed by atoms with van der Waals surface area (Å²) in [7, 11) is 6.98. The fourth-order valence-corrected chi connectivity index (χ4v) is 2.77. The van der Waals surface area contributed by atoms with E-state index in [4.69, 9.17) is 14.2 Å². The highest BCUT2D eigenvalue weighted by atomic mass is 16.5. The Kier molecular flexibility index (Phi) is 7.95. The van der Waals surface area contributed by atoms with E-state index in [1.807, 2.05) is 42.5 Å². The summed E-state index contributed by atoms with van der Waals surface area (Å²) in [5.41, 5.74) is 1.94. The second-order valence-corrected chi connectivity index (χ2v) is 6.43. The zero-order valence-corrected chi connectivity index (χ0v) is 16.5. The standard InChI is InChI=1S/C21H28N2O4/c1-23(12-10-16-8-9-19(26-3)20(14-16)27-4)13-11-21(24)22-17-6-5-7-18(15-17)25-2/h5-9,14-15H,10-13H2,1-4H3,(H,22,24)/p+1. The lowest BCUT2D eigenvalue weighted by Gasteiger charge is -2.15. The molecule has 2 aromatic carbocycles. The van der Waals surface area contributed by atoms with Crippen LogP contribution >= 0.6 is 0 Å². The van der Waals surface area contributed by atoms with Gasteiger partial charge in [0.1, 0.15) is 5.75 Å². The van der Waals surface area contributed by atoms with Gasteiger partial charge < -0.3 is 24.4 Å². The maximum Gasteiger partial charge on any atom is 0.230 e. The van der Waals surface area contributed by atoms with Crippen LogP contribution in [0.25, 0.3) is 0 Å². The first-order valence-electron chi connectivity index (χ1n) is 9.01. The lowest BCUT2D eigenvalue weighted by molar-refractivity contribution is -0.878. The quantitative estimate of drug-likeness (QED) is 0.667. The van der Waals surface area contributed by atoms with Gasteiger partial charge in [-0.1, -0.05) is 12.1 Å². The summed E-state index contributed by atoms with van der Waals surface area (Å²) in [6, 6.07) is 13.3. The van der Waals surface area contributed by atoms with E-state index in [2.05, 4.69) is 12.4 Å². The highest BCUT2D eigenvalue weighted by Crippen LogP contribution is 2.27. The molecular weight excluding hydrogens is 344 g/mol. The number of carbonyl (C=O) groups excluding carboxylic acids is 1. The topological polar surface area (TPSA) is 61.2 Å². The third-order valence-corrected chi connectivity index (χ3v) is 4.42. The van der Waals surface area contributed by atoms with Gasteiger partial charge in [-0.05, 0) is 29.8 Å². The number of hydrogen-bond acceptors (Lipinski definition) is 4. The van der Waals surface area contributed by atoms with Crippen LogP contribution in [0.3, 0.4) is 0 Å². The zero-order chi connectivity index (χ0) is 19.6. The van der Waals surface area contributed by atoms with E-state index in [-0.39, 0.29) is 5.91 Å². The molecule has 6 heteroatoms. The predicted octanol–water partition coefficient (Wildman–Crippen LogP) is 1.80. The lowest BCUT2D eigenvalue weighted by atomic mass is 10.1. The Morgan fingerprint density at radius 1 is 0.963 bits per heavy atom. The van der Waals surface area contributed by atoms with Crippen molar-refractivity contribution in [2.24, 2.45) is 0 Å². The zero-order valence-electron chi connectivity index (χ0n) is 16.5. The monoisotopic (exact) mass is 373 g/mol. The molecule has 0 aliphatic rings. The number of rotatable bonds is 10. The summed E-state index contributed by atoms with van der Waals surface area (Å²) in [6.45, 7) is 1.70. The molecule has 0 heterocycles. The molecule has 2 N–H and O–H groups in total. The van der Waals surface area contributed by atoms with Gasteiger partial charge in [0.25, 0.3) is 0 Å².